The number of rotatable bonds is 8. The Morgan fingerprint density at radius 1 is 1.21 bits per heavy atom. The lowest BCUT2D eigenvalue weighted by atomic mass is 10.0. The monoisotopic (exact) mass is 338 g/mol. The fraction of sp³-hybridized carbons (Fsp3) is 0.632. The van der Waals surface area contributed by atoms with Gasteiger partial charge >= 0.3 is 5.97 Å². The van der Waals surface area contributed by atoms with E-state index in [1.807, 2.05) is 0 Å². The third kappa shape index (κ3) is 5.28. The number of hydrogen-bond donors (Lipinski definition) is 0. The summed E-state index contributed by atoms with van der Waals surface area (Å²) in [5.41, 5.74) is 0.542. The first-order chi connectivity index (χ1) is 11.7. The van der Waals surface area contributed by atoms with E-state index in [0.717, 1.165) is 32.1 Å². The molecule has 1 saturated heterocycles. The van der Waals surface area contributed by atoms with Crippen molar-refractivity contribution in [1.29, 1.82) is 0 Å². The van der Waals surface area contributed by atoms with Gasteiger partial charge in [-0.2, -0.15) is 0 Å². The highest BCUT2D eigenvalue weighted by Gasteiger charge is 2.25. The number of hydrogen-bond acceptors (Lipinski definition) is 4. The Morgan fingerprint density at radius 2 is 1.96 bits per heavy atom. The Hall–Kier alpha value is -1.46. The van der Waals surface area contributed by atoms with Gasteiger partial charge in [-0.1, -0.05) is 39.2 Å². The molecule has 0 bridgehead atoms. The molecule has 1 heterocycles. The van der Waals surface area contributed by atoms with Crippen LogP contribution in [0.2, 0.25) is 0 Å². The number of carbonyl (C=O) groups excluding carboxylic acids is 1. The Bertz CT molecular complexity index is 524. The van der Waals surface area contributed by atoms with Gasteiger partial charge in [-0.05, 0) is 25.0 Å². The highest BCUT2D eigenvalue weighted by Crippen LogP contribution is 2.29. The predicted octanol–water partition coefficient (Wildman–Crippen LogP) is 4.63. The average Bonchev–Trinajstić information content (AvgIpc) is 2.59. The summed E-state index contributed by atoms with van der Waals surface area (Å²) < 4.78 is 30.7. The molecule has 0 aliphatic carbocycles. The molecule has 0 unspecified atom stereocenters. The van der Waals surface area contributed by atoms with Crippen molar-refractivity contribution in [2.24, 2.45) is 5.92 Å². The lowest BCUT2D eigenvalue weighted by Gasteiger charge is -2.29. The normalized spacial score (nSPS) is 20.8. The second kappa shape index (κ2) is 9.74. The van der Waals surface area contributed by atoms with Gasteiger partial charge in [-0.25, -0.2) is 9.18 Å². The van der Waals surface area contributed by atoms with Crippen molar-refractivity contribution in [3.8, 4) is 0 Å². The smallest absolute Gasteiger partial charge is 0.338 e. The van der Waals surface area contributed by atoms with Gasteiger partial charge in [0.05, 0.1) is 25.4 Å². The van der Waals surface area contributed by atoms with Crippen LogP contribution in [-0.2, 0) is 14.2 Å². The number of ether oxygens (including phenoxy) is 3. The Balaban J connectivity index is 1.91. The van der Waals surface area contributed by atoms with Gasteiger partial charge in [-0.3, -0.25) is 0 Å². The van der Waals surface area contributed by atoms with Gasteiger partial charge in [-0.15, -0.1) is 0 Å². The third-order valence-corrected chi connectivity index (χ3v) is 4.13. The van der Waals surface area contributed by atoms with Gasteiger partial charge in [0.2, 0.25) is 0 Å². The molecule has 2 rings (SSSR count). The van der Waals surface area contributed by atoms with Crippen molar-refractivity contribution in [1.82, 2.24) is 0 Å². The van der Waals surface area contributed by atoms with Crippen molar-refractivity contribution in [2.75, 3.05) is 19.8 Å². The van der Waals surface area contributed by atoms with Crippen molar-refractivity contribution in [3.05, 3.63) is 35.1 Å². The van der Waals surface area contributed by atoms with Gasteiger partial charge in [0.25, 0.3) is 0 Å². The van der Waals surface area contributed by atoms with Crippen molar-refractivity contribution < 1.29 is 23.4 Å². The largest absolute Gasteiger partial charge is 0.462 e. The fourth-order valence-corrected chi connectivity index (χ4v) is 2.74. The van der Waals surface area contributed by atoms with Crippen LogP contribution in [0, 0.1) is 11.7 Å². The van der Waals surface area contributed by atoms with Crippen LogP contribution >= 0.6 is 0 Å². The zero-order valence-corrected chi connectivity index (χ0v) is 14.6. The summed E-state index contributed by atoms with van der Waals surface area (Å²) in [5.74, 6) is -0.631. The van der Waals surface area contributed by atoms with E-state index >= 15 is 0 Å². The molecule has 24 heavy (non-hydrogen) atoms. The number of esters is 1. The van der Waals surface area contributed by atoms with Crippen LogP contribution in [0.5, 0.6) is 0 Å². The molecular formula is C19H27FO4. The first-order valence-electron chi connectivity index (χ1n) is 8.85. The molecule has 0 spiro atoms. The SMILES string of the molecule is CCCCCOC(=O)c1ccc(C2OCC(CCC)CO2)c(F)c1. The maximum atomic E-state index is 14.3. The summed E-state index contributed by atoms with van der Waals surface area (Å²) in [6.07, 6.45) is 4.31. The summed E-state index contributed by atoms with van der Waals surface area (Å²) in [5, 5.41) is 0. The van der Waals surface area contributed by atoms with Crippen molar-refractivity contribution >= 4 is 5.97 Å². The van der Waals surface area contributed by atoms with E-state index in [-0.39, 0.29) is 5.56 Å². The second-order valence-corrected chi connectivity index (χ2v) is 6.23. The Kier molecular flexibility index (Phi) is 7.66. The Morgan fingerprint density at radius 3 is 2.58 bits per heavy atom. The van der Waals surface area contributed by atoms with Crippen molar-refractivity contribution in [3.63, 3.8) is 0 Å². The minimum atomic E-state index is -0.701. The molecule has 0 amide bonds. The van der Waals surface area contributed by atoms with Crippen LogP contribution in [0.1, 0.15) is 68.2 Å². The van der Waals surface area contributed by atoms with E-state index in [0.29, 0.717) is 31.3 Å². The van der Waals surface area contributed by atoms with Crippen LogP contribution in [0.4, 0.5) is 4.39 Å². The van der Waals surface area contributed by atoms with Crippen LogP contribution in [-0.4, -0.2) is 25.8 Å². The van der Waals surface area contributed by atoms with E-state index in [1.165, 1.54) is 6.07 Å². The molecule has 0 aromatic heterocycles. The van der Waals surface area contributed by atoms with E-state index in [1.54, 1.807) is 12.1 Å². The van der Waals surface area contributed by atoms with Gasteiger partial charge in [0.1, 0.15) is 5.82 Å². The van der Waals surface area contributed by atoms with E-state index in [2.05, 4.69) is 13.8 Å². The first kappa shape index (κ1) is 18.9. The molecule has 4 nitrogen and oxygen atoms in total. The molecule has 1 aromatic carbocycles. The summed E-state index contributed by atoms with van der Waals surface area (Å²) in [6.45, 7) is 5.70. The number of halogens is 1. The van der Waals surface area contributed by atoms with Gasteiger partial charge < -0.3 is 14.2 Å². The maximum absolute atomic E-state index is 14.3. The lowest BCUT2D eigenvalue weighted by Crippen LogP contribution is -2.27. The molecule has 1 fully saturated rings. The van der Waals surface area contributed by atoms with Gasteiger partial charge in [0.15, 0.2) is 6.29 Å². The summed E-state index contributed by atoms with van der Waals surface area (Å²) in [6, 6.07) is 4.30. The zero-order valence-electron chi connectivity index (χ0n) is 14.6. The van der Waals surface area contributed by atoms with Crippen LogP contribution in [0.25, 0.3) is 0 Å². The summed E-state index contributed by atoms with van der Waals surface area (Å²) in [4.78, 5) is 11.9. The highest BCUT2D eigenvalue weighted by atomic mass is 19.1. The molecule has 1 aromatic rings. The van der Waals surface area contributed by atoms with E-state index in [4.69, 9.17) is 14.2 Å². The molecule has 0 radical (unpaired) electrons. The zero-order chi connectivity index (χ0) is 17.4. The maximum Gasteiger partial charge on any atom is 0.338 e. The van der Waals surface area contributed by atoms with Crippen LogP contribution < -0.4 is 0 Å². The van der Waals surface area contributed by atoms with Crippen molar-refractivity contribution in [2.45, 2.75) is 52.2 Å². The molecule has 0 saturated carbocycles. The summed E-state index contributed by atoms with van der Waals surface area (Å²) in [7, 11) is 0. The number of carbonyl (C=O) groups is 1. The molecule has 1 aliphatic heterocycles. The minimum Gasteiger partial charge on any atom is -0.462 e. The molecule has 0 N–H and O–H groups in total. The highest BCUT2D eigenvalue weighted by molar-refractivity contribution is 5.89. The summed E-state index contributed by atoms with van der Waals surface area (Å²) >= 11 is 0. The molecule has 0 atom stereocenters. The molecular weight excluding hydrogens is 311 g/mol. The average molecular weight is 338 g/mol. The second-order valence-electron chi connectivity index (χ2n) is 6.23. The fourth-order valence-electron chi connectivity index (χ4n) is 2.74. The molecule has 134 valence electrons. The first-order valence-corrected chi connectivity index (χ1v) is 8.85. The minimum absolute atomic E-state index is 0.215. The van der Waals surface area contributed by atoms with E-state index < -0.39 is 18.1 Å². The lowest BCUT2D eigenvalue weighted by molar-refractivity contribution is -0.207. The van der Waals surface area contributed by atoms with Crippen LogP contribution in [0.3, 0.4) is 0 Å². The predicted molar refractivity (Wildman–Crippen MR) is 89.3 cm³/mol. The van der Waals surface area contributed by atoms with Crippen LogP contribution in [0.15, 0.2) is 18.2 Å². The quantitative estimate of drug-likeness (QED) is 0.512. The number of benzene rings is 1. The number of unbranched alkanes of at least 4 members (excludes halogenated alkanes) is 2. The standard InChI is InChI=1S/C19H27FO4/c1-3-5-6-10-22-18(21)15-8-9-16(17(20)11-15)19-23-12-14(7-4-2)13-24-19/h8-9,11,14,19H,3-7,10,12-13H2,1-2H3. The molecule has 5 heteroatoms. The van der Waals surface area contributed by atoms with Gasteiger partial charge in [0, 0.05) is 11.5 Å². The third-order valence-electron chi connectivity index (χ3n) is 4.13. The Labute approximate surface area is 143 Å². The van der Waals surface area contributed by atoms with E-state index in [9.17, 15) is 9.18 Å². The topological polar surface area (TPSA) is 44.8 Å². The molecule has 1 aliphatic rings.